The molecular formula is C16H22N2O3. The molecule has 2 rings (SSSR count). The van der Waals surface area contributed by atoms with E-state index >= 15 is 0 Å². The fourth-order valence-electron chi connectivity index (χ4n) is 2.85. The Labute approximate surface area is 125 Å². The molecule has 1 fully saturated rings. The van der Waals surface area contributed by atoms with Crippen LogP contribution >= 0.6 is 0 Å². The second-order valence-electron chi connectivity index (χ2n) is 5.80. The number of hydrogen-bond acceptors (Lipinski definition) is 2. The van der Waals surface area contributed by atoms with E-state index in [0.29, 0.717) is 18.0 Å². The molecule has 1 aliphatic rings. The zero-order valence-corrected chi connectivity index (χ0v) is 12.5. The Kier molecular flexibility index (Phi) is 4.83. The largest absolute Gasteiger partial charge is 0.479 e. The van der Waals surface area contributed by atoms with Crippen LogP contribution < -0.4 is 5.32 Å². The van der Waals surface area contributed by atoms with Gasteiger partial charge in [0, 0.05) is 12.6 Å². The zero-order chi connectivity index (χ0) is 15.4. The Hall–Kier alpha value is -2.04. The topological polar surface area (TPSA) is 69.6 Å². The number of urea groups is 1. The van der Waals surface area contributed by atoms with E-state index in [4.69, 9.17) is 0 Å². The molecule has 5 nitrogen and oxygen atoms in total. The van der Waals surface area contributed by atoms with Crippen LogP contribution in [0.15, 0.2) is 30.3 Å². The number of nitrogens with one attached hydrogen (secondary N) is 1. The predicted molar refractivity (Wildman–Crippen MR) is 79.9 cm³/mol. The van der Waals surface area contributed by atoms with E-state index in [-0.39, 0.29) is 12.1 Å². The SMILES string of the molecule is CC1CCN(C(=O)N[C@H](C(=O)O)c2ccccc2)C(C)C1. The van der Waals surface area contributed by atoms with Crippen molar-refractivity contribution in [2.24, 2.45) is 5.92 Å². The first-order valence-corrected chi connectivity index (χ1v) is 7.34. The van der Waals surface area contributed by atoms with Crippen molar-refractivity contribution in [3.8, 4) is 0 Å². The van der Waals surface area contributed by atoms with Crippen molar-refractivity contribution < 1.29 is 14.7 Å². The maximum Gasteiger partial charge on any atom is 0.330 e. The molecule has 0 radical (unpaired) electrons. The van der Waals surface area contributed by atoms with Gasteiger partial charge in [0.1, 0.15) is 0 Å². The third-order valence-corrected chi connectivity index (χ3v) is 4.05. The van der Waals surface area contributed by atoms with E-state index in [1.54, 1.807) is 29.2 Å². The minimum atomic E-state index is -1.05. The van der Waals surface area contributed by atoms with Crippen molar-refractivity contribution in [3.63, 3.8) is 0 Å². The van der Waals surface area contributed by atoms with Gasteiger partial charge in [-0.05, 0) is 31.2 Å². The summed E-state index contributed by atoms with van der Waals surface area (Å²) in [5.74, 6) is -0.443. The lowest BCUT2D eigenvalue weighted by Crippen LogP contribution is -2.50. The second kappa shape index (κ2) is 6.61. The summed E-state index contributed by atoms with van der Waals surface area (Å²) >= 11 is 0. The van der Waals surface area contributed by atoms with Crippen LogP contribution in [-0.2, 0) is 4.79 Å². The molecule has 1 saturated heterocycles. The lowest BCUT2D eigenvalue weighted by Gasteiger charge is -2.37. The standard InChI is InChI=1S/C16H22N2O3/c1-11-8-9-18(12(2)10-11)16(21)17-14(15(19)20)13-6-4-3-5-7-13/h3-7,11-12,14H,8-10H2,1-2H3,(H,17,21)(H,19,20)/t11?,12?,14-/m0/s1. The van der Waals surface area contributed by atoms with Gasteiger partial charge in [0.15, 0.2) is 6.04 Å². The minimum absolute atomic E-state index is 0.138. The molecular weight excluding hydrogens is 268 g/mol. The van der Waals surface area contributed by atoms with Crippen molar-refractivity contribution >= 4 is 12.0 Å². The van der Waals surface area contributed by atoms with Gasteiger partial charge in [0.25, 0.3) is 0 Å². The van der Waals surface area contributed by atoms with Crippen molar-refractivity contribution in [2.75, 3.05) is 6.54 Å². The first-order valence-electron chi connectivity index (χ1n) is 7.34. The summed E-state index contributed by atoms with van der Waals surface area (Å²) in [7, 11) is 0. The molecule has 2 N–H and O–H groups in total. The van der Waals surface area contributed by atoms with Gasteiger partial charge in [0.05, 0.1) is 0 Å². The normalized spacial score (nSPS) is 23.4. The number of carboxylic acids is 1. The third kappa shape index (κ3) is 3.74. The van der Waals surface area contributed by atoms with Crippen LogP contribution in [0, 0.1) is 5.92 Å². The van der Waals surface area contributed by atoms with E-state index in [9.17, 15) is 14.7 Å². The van der Waals surface area contributed by atoms with Gasteiger partial charge in [0.2, 0.25) is 0 Å². The highest BCUT2D eigenvalue weighted by molar-refractivity contribution is 5.83. The smallest absolute Gasteiger partial charge is 0.330 e. The van der Waals surface area contributed by atoms with Crippen LogP contribution in [0.2, 0.25) is 0 Å². The van der Waals surface area contributed by atoms with E-state index < -0.39 is 12.0 Å². The summed E-state index contributed by atoms with van der Waals surface area (Å²) in [4.78, 5) is 25.5. The molecule has 114 valence electrons. The number of piperidine rings is 1. The number of nitrogens with zero attached hydrogens (tertiary/aromatic N) is 1. The Morgan fingerprint density at radius 3 is 2.52 bits per heavy atom. The highest BCUT2D eigenvalue weighted by Crippen LogP contribution is 2.23. The first kappa shape index (κ1) is 15.4. The van der Waals surface area contributed by atoms with Gasteiger partial charge >= 0.3 is 12.0 Å². The molecule has 2 amide bonds. The molecule has 0 aromatic heterocycles. The summed E-state index contributed by atoms with van der Waals surface area (Å²) in [6, 6.07) is 7.60. The minimum Gasteiger partial charge on any atom is -0.479 e. The molecule has 2 unspecified atom stereocenters. The summed E-state index contributed by atoms with van der Waals surface area (Å²) in [6.45, 7) is 4.86. The molecule has 0 spiro atoms. The maximum absolute atomic E-state index is 12.4. The molecule has 1 aliphatic heterocycles. The predicted octanol–water partition coefficient (Wildman–Crippen LogP) is 2.64. The van der Waals surface area contributed by atoms with Gasteiger partial charge < -0.3 is 15.3 Å². The summed E-state index contributed by atoms with van der Waals surface area (Å²) in [5.41, 5.74) is 0.580. The first-order chi connectivity index (χ1) is 9.99. The van der Waals surface area contributed by atoms with Crippen molar-refractivity contribution in [2.45, 2.75) is 38.8 Å². The van der Waals surface area contributed by atoms with Crippen molar-refractivity contribution in [3.05, 3.63) is 35.9 Å². The Morgan fingerprint density at radius 2 is 1.95 bits per heavy atom. The molecule has 21 heavy (non-hydrogen) atoms. The number of carboxylic acid groups (broad SMARTS) is 1. The monoisotopic (exact) mass is 290 g/mol. The van der Waals surface area contributed by atoms with E-state index in [1.165, 1.54) is 0 Å². The van der Waals surface area contributed by atoms with E-state index in [1.807, 2.05) is 13.0 Å². The maximum atomic E-state index is 12.4. The van der Waals surface area contributed by atoms with Crippen LogP contribution in [0.25, 0.3) is 0 Å². The van der Waals surface area contributed by atoms with Gasteiger partial charge in [-0.2, -0.15) is 0 Å². The lowest BCUT2D eigenvalue weighted by molar-refractivity contribution is -0.139. The Balaban J connectivity index is 2.07. The molecule has 0 bridgehead atoms. The van der Waals surface area contributed by atoms with Gasteiger partial charge in [-0.3, -0.25) is 0 Å². The number of carbonyl (C=O) groups is 2. The van der Waals surface area contributed by atoms with Gasteiger partial charge in [-0.1, -0.05) is 37.3 Å². The van der Waals surface area contributed by atoms with Gasteiger partial charge in [-0.15, -0.1) is 0 Å². The molecule has 1 heterocycles. The summed E-state index contributed by atoms with van der Waals surface area (Å²) in [5, 5.41) is 12.0. The summed E-state index contributed by atoms with van der Waals surface area (Å²) in [6.07, 6.45) is 1.91. The van der Waals surface area contributed by atoms with Crippen LogP contribution in [0.1, 0.15) is 38.3 Å². The number of hydrogen-bond donors (Lipinski definition) is 2. The second-order valence-corrected chi connectivity index (χ2v) is 5.80. The quantitative estimate of drug-likeness (QED) is 0.899. The number of aliphatic carboxylic acids is 1. The molecule has 1 aromatic rings. The zero-order valence-electron chi connectivity index (χ0n) is 12.5. The highest BCUT2D eigenvalue weighted by Gasteiger charge is 2.30. The highest BCUT2D eigenvalue weighted by atomic mass is 16.4. The lowest BCUT2D eigenvalue weighted by atomic mass is 9.94. The number of amides is 2. The Morgan fingerprint density at radius 1 is 1.29 bits per heavy atom. The molecule has 0 saturated carbocycles. The fourth-order valence-corrected chi connectivity index (χ4v) is 2.85. The van der Waals surface area contributed by atoms with Crippen LogP contribution in [0.3, 0.4) is 0 Å². The van der Waals surface area contributed by atoms with Crippen LogP contribution in [0.5, 0.6) is 0 Å². The van der Waals surface area contributed by atoms with Crippen LogP contribution in [0.4, 0.5) is 4.79 Å². The molecule has 1 aromatic carbocycles. The van der Waals surface area contributed by atoms with E-state index in [0.717, 1.165) is 12.8 Å². The van der Waals surface area contributed by atoms with Gasteiger partial charge in [-0.25, -0.2) is 9.59 Å². The van der Waals surface area contributed by atoms with E-state index in [2.05, 4.69) is 12.2 Å². The Bertz CT molecular complexity index is 504. The number of likely N-dealkylation sites (tertiary alicyclic amines) is 1. The number of carbonyl (C=O) groups excluding carboxylic acids is 1. The average molecular weight is 290 g/mol. The van der Waals surface area contributed by atoms with Crippen molar-refractivity contribution in [1.82, 2.24) is 10.2 Å². The average Bonchev–Trinajstić information content (AvgIpc) is 2.45. The third-order valence-electron chi connectivity index (χ3n) is 4.05. The molecule has 3 atom stereocenters. The number of rotatable bonds is 3. The number of benzene rings is 1. The molecule has 5 heteroatoms. The van der Waals surface area contributed by atoms with Crippen LogP contribution in [-0.4, -0.2) is 34.6 Å². The van der Waals surface area contributed by atoms with Crippen molar-refractivity contribution in [1.29, 1.82) is 0 Å². The fraction of sp³-hybridized carbons (Fsp3) is 0.500. The molecule has 0 aliphatic carbocycles. The summed E-state index contributed by atoms with van der Waals surface area (Å²) < 4.78 is 0.